The van der Waals surface area contributed by atoms with Crippen LogP contribution in [-0.2, 0) is 0 Å². The van der Waals surface area contributed by atoms with Gasteiger partial charge < -0.3 is 15.3 Å². The van der Waals surface area contributed by atoms with Gasteiger partial charge >= 0.3 is 12.0 Å². The quantitative estimate of drug-likeness (QED) is 0.878. The number of nitrogens with zero attached hydrogens (tertiary/aromatic N) is 1. The van der Waals surface area contributed by atoms with Crippen LogP contribution in [0.15, 0.2) is 12.1 Å². The molecule has 5 heteroatoms. The number of aromatic carboxylic acids is 1. The molecule has 1 aliphatic rings. The highest BCUT2D eigenvalue weighted by atomic mass is 16.4. The molecule has 2 amide bonds. The van der Waals surface area contributed by atoms with Gasteiger partial charge in [0.05, 0.1) is 11.3 Å². The summed E-state index contributed by atoms with van der Waals surface area (Å²) in [6, 6.07) is 3.23. The van der Waals surface area contributed by atoms with Crippen LogP contribution in [0.3, 0.4) is 0 Å². The molecule has 0 bridgehead atoms. The molecule has 0 radical (unpaired) electrons. The third kappa shape index (κ3) is 3.35. The average molecular weight is 290 g/mol. The van der Waals surface area contributed by atoms with Gasteiger partial charge in [0.25, 0.3) is 0 Å². The third-order valence-corrected chi connectivity index (χ3v) is 3.91. The molecule has 0 aliphatic carbocycles. The predicted octanol–water partition coefficient (Wildman–Crippen LogP) is 3.27. The zero-order valence-electron chi connectivity index (χ0n) is 13.0. The Kier molecular flexibility index (Phi) is 3.94. The van der Waals surface area contributed by atoms with E-state index in [2.05, 4.69) is 19.2 Å². The maximum atomic E-state index is 12.3. The molecule has 1 saturated heterocycles. The van der Waals surface area contributed by atoms with Crippen molar-refractivity contribution in [2.75, 3.05) is 18.4 Å². The molecule has 2 N–H and O–H groups in total. The lowest BCUT2D eigenvalue weighted by atomic mass is 9.93. The fourth-order valence-electron chi connectivity index (χ4n) is 2.77. The van der Waals surface area contributed by atoms with Gasteiger partial charge in [-0.15, -0.1) is 0 Å². The molecular weight excluding hydrogens is 268 g/mol. The van der Waals surface area contributed by atoms with Crippen molar-refractivity contribution in [1.82, 2.24) is 4.90 Å². The second kappa shape index (κ2) is 5.39. The number of carbonyl (C=O) groups is 2. The Balaban J connectivity index is 2.24. The summed E-state index contributed by atoms with van der Waals surface area (Å²) in [6.07, 6.45) is 0.957. The van der Waals surface area contributed by atoms with Crippen molar-refractivity contribution in [2.24, 2.45) is 5.41 Å². The lowest BCUT2D eigenvalue weighted by molar-refractivity contribution is 0.0698. The molecule has 5 nitrogen and oxygen atoms in total. The Bertz CT molecular complexity index is 593. The van der Waals surface area contributed by atoms with E-state index in [1.54, 1.807) is 11.0 Å². The van der Waals surface area contributed by atoms with Gasteiger partial charge in [-0.2, -0.15) is 0 Å². The normalized spacial score (nSPS) is 16.9. The molecule has 21 heavy (non-hydrogen) atoms. The number of aryl methyl sites for hydroxylation is 2. The van der Waals surface area contributed by atoms with Crippen LogP contribution in [0.25, 0.3) is 0 Å². The zero-order valence-corrected chi connectivity index (χ0v) is 13.0. The van der Waals surface area contributed by atoms with Gasteiger partial charge in [-0.3, -0.25) is 0 Å². The molecule has 1 aromatic carbocycles. The first-order valence-corrected chi connectivity index (χ1v) is 7.10. The third-order valence-electron chi connectivity index (χ3n) is 3.91. The molecular formula is C16H22N2O3. The minimum absolute atomic E-state index is 0.120. The van der Waals surface area contributed by atoms with Crippen molar-refractivity contribution in [3.05, 3.63) is 28.8 Å². The highest BCUT2D eigenvalue weighted by molar-refractivity contribution is 6.01. The first kappa shape index (κ1) is 15.4. The van der Waals surface area contributed by atoms with E-state index in [0.717, 1.165) is 17.5 Å². The summed E-state index contributed by atoms with van der Waals surface area (Å²) in [7, 11) is 0. The van der Waals surface area contributed by atoms with Crippen molar-refractivity contribution >= 4 is 17.7 Å². The predicted molar refractivity (Wildman–Crippen MR) is 81.9 cm³/mol. The maximum absolute atomic E-state index is 12.3. The number of urea groups is 1. The summed E-state index contributed by atoms with van der Waals surface area (Å²) in [4.78, 5) is 25.4. The topological polar surface area (TPSA) is 69.6 Å². The van der Waals surface area contributed by atoms with E-state index in [9.17, 15) is 14.7 Å². The first-order chi connectivity index (χ1) is 9.69. The van der Waals surface area contributed by atoms with Crippen LogP contribution in [0, 0.1) is 19.3 Å². The fraction of sp³-hybridized carbons (Fsp3) is 0.500. The number of carbonyl (C=O) groups excluding carboxylic acids is 1. The summed E-state index contributed by atoms with van der Waals surface area (Å²) in [5, 5.41) is 12.1. The fourth-order valence-corrected chi connectivity index (χ4v) is 2.77. The van der Waals surface area contributed by atoms with Crippen molar-refractivity contribution in [2.45, 2.75) is 34.1 Å². The summed E-state index contributed by atoms with van der Waals surface area (Å²) in [5.41, 5.74) is 2.28. The molecule has 1 aromatic rings. The summed E-state index contributed by atoms with van der Waals surface area (Å²) in [5.74, 6) is -1.03. The van der Waals surface area contributed by atoms with E-state index >= 15 is 0 Å². The van der Waals surface area contributed by atoms with Crippen molar-refractivity contribution < 1.29 is 14.7 Å². The summed E-state index contributed by atoms with van der Waals surface area (Å²) < 4.78 is 0. The highest BCUT2D eigenvalue weighted by Crippen LogP contribution is 2.30. The van der Waals surface area contributed by atoms with Crippen LogP contribution >= 0.6 is 0 Å². The molecule has 2 rings (SSSR count). The van der Waals surface area contributed by atoms with E-state index in [4.69, 9.17) is 0 Å². The Morgan fingerprint density at radius 1 is 1.29 bits per heavy atom. The Morgan fingerprint density at radius 3 is 2.48 bits per heavy atom. The van der Waals surface area contributed by atoms with Crippen molar-refractivity contribution in [3.8, 4) is 0 Å². The SMILES string of the molecule is Cc1cc(C)c(NC(=O)N2CCC(C)(C)C2)c(C(=O)O)c1. The van der Waals surface area contributed by atoms with Gasteiger partial charge in [-0.25, -0.2) is 9.59 Å². The number of hydrogen-bond acceptors (Lipinski definition) is 2. The minimum Gasteiger partial charge on any atom is -0.478 e. The van der Waals surface area contributed by atoms with Gasteiger partial charge in [0, 0.05) is 13.1 Å². The van der Waals surface area contributed by atoms with Crippen LogP contribution in [-0.4, -0.2) is 35.1 Å². The van der Waals surface area contributed by atoms with Crippen LogP contribution in [0.2, 0.25) is 0 Å². The highest BCUT2D eigenvalue weighted by Gasteiger charge is 2.32. The van der Waals surface area contributed by atoms with Crippen molar-refractivity contribution in [3.63, 3.8) is 0 Å². The monoisotopic (exact) mass is 290 g/mol. The van der Waals surface area contributed by atoms with Crippen molar-refractivity contribution in [1.29, 1.82) is 0 Å². The standard InChI is InChI=1S/C16H22N2O3/c1-10-7-11(2)13(12(8-10)14(19)20)17-15(21)18-6-5-16(3,4)9-18/h7-8H,5-6,9H2,1-4H3,(H,17,21)(H,19,20). The Hall–Kier alpha value is -2.04. The van der Waals surface area contributed by atoms with Gasteiger partial charge in [0.15, 0.2) is 0 Å². The van der Waals surface area contributed by atoms with E-state index in [-0.39, 0.29) is 17.0 Å². The molecule has 0 atom stereocenters. The van der Waals surface area contributed by atoms with Crippen LogP contribution < -0.4 is 5.32 Å². The number of carboxylic acid groups (broad SMARTS) is 1. The second-order valence-electron chi connectivity index (χ2n) is 6.58. The number of benzene rings is 1. The smallest absolute Gasteiger partial charge is 0.337 e. The number of rotatable bonds is 2. The molecule has 0 saturated carbocycles. The van der Waals surface area contributed by atoms with E-state index in [1.165, 1.54) is 0 Å². The van der Waals surface area contributed by atoms with Gasteiger partial charge in [0.2, 0.25) is 0 Å². The van der Waals surface area contributed by atoms with E-state index in [1.807, 2.05) is 19.9 Å². The summed E-state index contributed by atoms with van der Waals surface area (Å²) in [6.45, 7) is 9.29. The Labute approximate surface area is 125 Å². The number of nitrogens with one attached hydrogen (secondary N) is 1. The number of hydrogen-bond donors (Lipinski definition) is 2. The lowest BCUT2D eigenvalue weighted by Crippen LogP contribution is -2.34. The summed E-state index contributed by atoms with van der Waals surface area (Å²) >= 11 is 0. The molecule has 0 spiro atoms. The molecule has 1 aliphatic heterocycles. The average Bonchev–Trinajstić information content (AvgIpc) is 2.72. The van der Waals surface area contributed by atoms with Gasteiger partial charge in [-0.05, 0) is 42.9 Å². The lowest BCUT2D eigenvalue weighted by Gasteiger charge is -2.21. The van der Waals surface area contributed by atoms with Gasteiger partial charge in [0.1, 0.15) is 0 Å². The zero-order chi connectivity index (χ0) is 15.8. The molecule has 0 aromatic heterocycles. The van der Waals surface area contributed by atoms with Crippen LogP contribution in [0.4, 0.5) is 10.5 Å². The molecule has 1 fully saturated rings. The molecule has 114 valence electrons. The first-order valence-electron chi connectivity index (χ1n) is 7.10. The largest absolute Gasteiger partial charge is 0.478 e. The second-order valence-corrected chi connectivity index (χ2v) is 6.58. The van der Waals surface area contributed by atoms with Crippen LogP contribution in [0.1, 0.15) is 41.8 Å². The van der Waals surface area contributed by atoms with Gasteiger partial charge in [-0.1, -0.05) is 19.9 Å². The van der Waals surface area contributed by atoms with E-state index < -0.39 is 5.97 Å². The number of amides is 2. The molecule has 0 unspecified atom stereocenters. The number of carboxylic acids is 1. The number of likely N-dealkylation sites (tertiary alicyclic amines) is 1. The number of anilines is 1. The van der Waals surface area contributed by atoms with E-state index in [0.29, 0.717) is 18.8 Å². The minimum atomic E-state index is -1.03. The van der Waals surface area contributed by atoms with Crippen LogP contribution in [0.5, 0.6) is 0 Å². The maximum Gasteiger partial charge on any atom is 0.337 e. The molecule has 1 heterocycles. The Morgan fingerprint density at radius 2 is 1.95 bits per heavy atom.